The van der Waals surface area contributed by atoms with Crippen molar-refractivity contribution in [2.45, 2.75) is 33.2 Å². The zero-order valence-corrected chi connectivity index (χ0v) is 9.87. The molecule has 3 N–H and O–H groups in total. The molecule has 1 aromatic rings. The number of aromatic nitrogens is 1. The number of anilines is 1. The Balaban J connectivity index is 2.12. The van der Waals surface area contributed by atoms with Crippen LogP contribution in [0.4, 0.5) is 5.69 Å². The molecule has 1 aromatic heterocycles. The van der Waals surface area contributed by atoms with Crippen LogP contribution >= 0.6 is 0 Å². The number of hydrogen-bond acceptors (Lipinski definition) is 3. The second kappa shape index (κ2) is 3.47. The summed E-state index contributed by atoms with van der Waals surface area (Å²) in [7, 11) is 0. The molecular weight excluding hydrogens is 202 g/mol. The Morgan fingerprint density at radius 1 is 1.62 bits per heavy atom. The van der Waals surface area contributed by atoms with Crippen LogP contribution in [-0.4, -0.2) is 16.9 Å². The molecule has 2 rings (SSSR count). The molecule has 4 nitrogen and oxygen atoms in total. The SMILES string of the molecule is Cc1ncc(N)cc1C(=O)NC1CC1(C)C. The van der Waals surface area contributed by atoms with Crippen molar-refractivity contribution in [2.75, 3.05) is 5.73 Å². The fourth-order valence-corrected chi connectivity index (χ4v) is 1.73. The van der Waals surface area contributed by atoms with Crippen LogP contribution in [0.5, 0.6) is 0 Å². The predicted octanol–water partition coefficient (Wildman–Crippen LogP) is 1.50. The number of nitrogens with one attached hydrogen (secondary N) is 1. The van der Waals surface area contributed by atoms with Crippen LogP contribution in [0, 0.1) is 12.3 Å². The first kappa shape index (κ1) is 10.9. The largest absolute Gasteiger partial charge is 0.397 e. The van der Waals surface area contributed by atoms with Crippen molar-refractivity contribution < 1.29 is 4.79 Å². The number of rotatable bonds is 2. The molecule has 0 spiro atoms. The van der Waals surface area contributed by atoms with Gasteiger partial charge < -0.3 is 11.1 Å². The Labute approximate surface area is 95.3 Å². The summed E-state index contributed by atoms with van der Waals surface area (Å²) in [5.41, 5.74) is 7.66. The maximum atomic E-state index is 11.9. The fraction of sp³-hybridized carbons (Fsp3) is 0.500. The molecule has 1 saturated carbocycles. The van der Waals surface area contributed by atoms with Gasteiger partial charge in [0, 0.05) is 6.04 Å². The van der Waals surface area contributed by atoms with Crippen molar-refractivity contribution in [3.05, 3.63) is 23.5 Å². The van der Waals surface area contributed by atoms with Crippen molar-refractivity contribution in [3.63, 3.8) is 0 Å². The minimum atomic E-state index is -0.0760. The van der Waals surface area contributed by atoms with E-state index in [2.05, 4.69) is 24.1 Å². The third kappa shape index (κ3) is 2.01. The zero-order chi connectivity index (χ0) is 11.9. The Morgan fingerprint density at radius 3 is 2.81 bits per heavy atom. The van der Waals surface area contributed by atoms with Crippen LogP contribution < -0.4 is 11.1 Å². The monoisotopic (exact) mass is 219 g/mol. The minimum absolute atomic E-state index is 0.0760. The first-order valence-corrected chi connectivity index (χ1v) is 5.43. The number of nitrogen functional groups attached to an aromatic ring is 1. The fourth-order valence-electron chi connectivity index (χ4n) is 1.73. The van der Waals surface area contributed by atoms with Gasteiger partial charge in [-0.25, -0.2) is 0 Å². The number of aryl methyl sites for hydroxylation is 1. The van der Waals surface area contributed by atoms with Crippen LogP contribution in [0.3, 0.4) is 0 Å². The van der Waals surface area contributed by atoms with E-state index >= 15 is 0 Å². The summed E-state index contributed by atoms with van der Waals surface area (Å²) >= 11 is 0. The first-order chi connectivity index (χ1) is 7.40. The van der Waals surface area contributed by atoms with Crippen molar-refractivity contribution in [3.8, 4) is 0 Å². The van der Waals surface area contributed by atoms with Gasteiger partial charge in [-0.15, -0.1) is 0 Å². The number of hydrogen-bond donors (Lipinski definition) is 2. The number of carbonyl (C=O) groups excluding carboxylic acids is 1. The lowest BCUT2D eigenvalue weighted by Crippen LogP contribution is -2.29. The van der Waals surface area contributed by atoms with Crippen LogP contribution in [0.2, 0.25) is 0 Å². The van der Waals surface area contributed by atoms with Gasteiger partial charge in [-0.1, -0.05) is 13.8 Å². The topological polar surface area (TPSA) is 68.0 Å². The quantitative estimate of drug-likeness (QED) is 0.792. The van der Waals surface area contributed by atoms with E-state index in [-0.39, 0.29) is 17.4 Å². The molecule has 1 fully saturated rings. The van der Waals surface area contributed by atoms with Crippen molar-refractivity contribution in [2.24, 2.45) is 5.41 Å². The van der Waals surface area contributed by atoms with Gasteiger partial charge in [0.25, 0.3) is 5.91 Å². The van der Waals surface area contributed by atoms with Gasteiger partial charge in [0.15, 0.2) is 0 Å². The summed E-state index contributed by atoms with van der Waals surface area (Å²) in [5, 5.41) is 2.99. The van der Waals surface area contributed by atoms with Crippen molar-refractivity contribution in [1.29, 1.82) is 0 Å². The van der Waals surface area contributed by atoms with Crippen LogP contribution in [-0.2, 0) is 0 Å². The van der Waals surface area contributed by atoms with E-state index in [0.29, 0.717) is 16.9 Å². The maximum Gasteiger partial charge on any atom is 0.253 e. The number of carbonyl (C=O) groups is 1. The molecular formula is C12H17N3O. The molecule has 0 aliphatic heterocycles. The third-order valence-electron chi connectivity index (χ3n) is 3.17. The standard InChI is InChI=1S/C12H17N3O/c1-7-9(4-8(13)6-14-7)11(16)15-10-5-12(10,2)3/h4,6,10H,5,13H2,1-3H3,(H,15,16). The molecule has 1 aliphatic rings. The van der Waals surface area contributed by atoms with E-state index in [1.807, 2.05) is 6.92 Å². The zero-order valence-electron chi connectivity index (χ0n) is 9.87. The van der Waals surface area contributed by atoms with E-state index < -0.39 is 0 Å². The lowest BCUT2D eigenvalue weighted by molar-refractivity contribution is 0.0945. The normalized spacial score (nSPS) is 21.6. The Morgan fingerprint density at radius 2 is 2.25 bits per heavy atom. The van der Waals surface area contributed by atoms with Gasteiger partial charge in [-0.2, -0.15) is 0 Å². The molecule has 0 bridgehead atoms. The average molecular weight is 219 g/mol. The number of nitrogens with zero attached hydrogens (tertiary/aromatic N) is 1. The molecule has 4 heteroatoms. The average Bonchev–Trinajstić information content (AvgIpc) is 2.77. The summed E-state index contributed by atoms with van der Waals surface area (Å²) < 4.78 is 0. The highest BCUT2D eigenvalue weighted by molar-refractivity contribution is 5.96. The Hall–Kier alpha value is -1.58. The van der Waals surface area contributed by atoms with Crippen molar-refractivity contribution in [1.82, 2.24) is 10.3 Å². The second-order valence-corrected chi connectivity index (χ2v) is 5.12. The molecule has 1 atom stereocenters. The number of nitrogens with two attached hydrogens (primary N) is 1. The number of amides is 1. The molecule has 1 unspecified atom stereocenters. The second-order valence-electron chi connectivity index (χ2n) is 5.12. The number of pyridine rings is 1. The van der Waals surface area contributed by atoms with E-state index in [4.69, 9.17) is 5.73 Å². The van der Waals surface area contributed by atoms with Gasteiger partial charge >= 0.3 is 0 Å². The lowest BCUT2D eigenvalue weighted by Gasteiger charge is -2.09. The van der Waals surface area contributed by atoms with Gasteiger partial charge in [0.1, 0.15) is 0 Å². The van der Waals surface area contributed by atoms with Crippen LogP contribution in [0.1, 0.15) is 36.3 Å². The third-order valence-corrected chi connectivity index (χ3v) is 3.17. The molecule has 0 aromatic carbocycles. The molecule has 86 valence electrons. The summed E-state index contributed by atoms with van der Waals surface area (Å²) in [4.78, 5) is 16.0. The maximum absolute atomic E-state index is 11.9. The van der Waals surface area contributed by atoms with E-state index in [9.17, 15) is 4.79 Å². The van der Waals surface area contributed by atoms with E-state index in [0.717, 1.165) is 6.42 Å². The Bertz CT molecular complexity index is 440. The highest BCUT2D eigenvalue weighted by atomic mass is 16.1. The van der Waals surface area contributed by atoms with Crippen LogP contribution in [0.25, 0.3) is 0 Å². The Kier molecular flexibility index (Phi) is 2.37. The highest BCUT2D eigenvalue weighted by Gasteiger charge is 2.46. The summed E-state index contributed by atoms with van der Waals surface area (Å²) in [6.07, 6.45) is 2.60. The summed E-state index contributed by atoms with van der Waals surface area (Å²) in [6.45, 7) is 6.09. The lowest BCUT2D eigenvalue weighted by atomic mass is 10.1. The van der Waals surface area contributed by atoms with Crippen LogP contribution in [0.15, 0.2) is 12.3 Å². The minimum Gasteiger partial charge on any atom is -0.397 e. The molecule has 1 heterocycles. The molecule has 1 aliphatic carbocycles. The molecule has 1 amide bonds. The van der Waals surface area contributed by atoms with Crippen molar-refractivity contribution >= 4 is 11.6 Å². The summed E-state index contributed by atoms with van der Waals surface area (Å²) in [5.74, 6) is -0.0760. The summed E-state index contributed by atoms with van der Waals surface area (Å²) in [6, 6.07) is 1.95. The smallest absolute Gasteiger partial charge is 0.253 e. The van der Waals surface area contributed by atoms with Gasteiger partial charge in [0.2, 0.25) is 0 Å². The van der Waals surface area contributed by atoms with E-state index in [1.54, 1.807) is 12.3 Å². The molecule has 0 saturated heterocycles. The van der Waals surface area contributed by atoms with Gasteiger partial charge in [-0.3, -0.25) is 9.78 Å². The van der Waals surface area contributed by atoms with E-state index in [1.165, 1.54) is 0 Å². The molecule has 0 radical (unpaired) electrons. The van der Waals surface area contributed by atoms with Gasteiger partial charge in [-0.05, 0) is 24.8 Å². The predicted molar refractivity (Wildman–Crippen MR) is 63.0 cm³/mol. The first-order valence-electron chi connectivity index (χ1n) is 5.43. The van der Waals surface area contributed by atoms with Gasteiger partial charge in [0.05, 0.1) is 23.1 Å². The molecule has 16 heavy (non-hydrogen) atoms. The highest BCUT2D eigenvalue weighted by Crippen LogP contribution is 2.44.